The average molecular weight is 620 g/mol. The maximum atomic E-state index is 13.0. The number of nitrogens with zero attached hydrogens (tertiary/aromatic N) is 1. The van der Waals surface area contributed by atoms with Gasteiger partial charge in [-0.1, -0.05) is 23.7 Å². The summed E-state index contributed by atoms with van der Waals surface area (Å²) >= 11 is 10.2. The Kier molecular flexibility index (Phi) is 7.99. The number of carboxylic acid groups (broad SMARTS) is 1. The Hall–Kier alpha value is -2.40. The molecule has 2 amide bonds. The van der Waals surface area contributed by atoms with Crippen LogP contribution in [0.25, 0.3) is 0 Å². The highest BCUT2D eigenvalue weighted by atomic mass is 35.5. The van der Waals surface area contributed by atoms with Crippen molar-refractivity contribution in [1.82, 2.24) is 4.72 Å². The third-order valence-corrected chi connectivity index (χ3v) is 10.4. The molecule has 3 unspecified atom stereocenters. The third kappa shape index (κ3) is 5.49. The fraction of sp³-hybridized carbons (Fsp3) is 0.391. The first-order valence-electron chi connectivity index (χ1n) is 11.8. The molecule has 0 bridgehead atoms. The maximum absolute atomic E-state index is 13.0. The predicted octanol–water partition coefficient (Wildman–Crippen LogP) is 2.52. The molecule has 2 aliphatic rings. The second kappa shape index (κ2) is 10.5. The summed E-state index contributed by atoms with van der Waals surface area (Å²) in [4.78, 5) is 24.4. The van der Waals surface area contributed by atoms with Gasteiger partial charge in [0.25, 0.3) is 0 Å². The molecular weight excluding hydrogens is 592 g/mol. The highest BCUT2D eigenvalue weighted by Gasteiger charge is 2.58. The zero-order valence-electron chi connectivity index (χ0n) is 20.9. The van der Waals surface area contributed by atoms with Crippen LogP contribution < -0.4 is 19.9 Å². The van der Waals surface area contributed by atoms with E-state index in [4.69, 9.17) is 21.5 Å². The summed E-state index contributed by atoms with van der Waals surface area (Å²) in [5.74, 6) is -0.313. The number of hydrogen-bond acceptors (Lipinski definition) is 9. The Labute approximate surface area is 236 Å². The average Bonchev–Trinajstić information content (AvgIpc) is 3.18. The van der Waals surface area contributed by atoms with E-state index in [1.54, 1.807) is 38.1 Å². The highest BCUT2D eigenvalue weighted by Crippen LogP contribution is 2.37. The number of thiol groups is 1. The van der Waals surface area contributed by atoms with E-state index in [1.165, 1.54) is 6.07 Å². The van der Waals surface area contributed by atoms with Crippen LogP contribution in [0.1, 0.15) is 32.0 Å². The van der Waals surface area contributed by atoms with Crippen molar-refractivity contribution in [2.24, 2.45) is 11.1 Å². The molecule has 0 aromatic heterocycles. The van der Waals surface area contributed by atoms with Crippen LogP contribution in [0.5, 0.6) is 5.75 Å². The normalized spacial score (nSPS) is 26.7. The number of carbonyl (C=O) groups is 2. The molecule has 16 heteroatoms. The fourth-order valence-corrected chi connectivity index (χ4v) is 7.58. The third-order valence-electron chi connectivity index (χ3n) is 7.00. The minimum Gasteiger partial charge on any atom is -0.484 e. The Morgan fingerprint density at radius 3 is 2.49 bits per heavy atom. The van der Waals surface area contributed by atoms with E-state index in [9.17, 15) is 31.5 Å². The molecule has 2 aromatic rings. The van der Waals surface area contributed by atoms with Gasteiger partial charge in [-0.2, -0.15) is 26.6 Å². The van der Waals surface area contributed by atoms with E-state index in [2.05, 4.69) is 22.7 Å². The molecule has 12 nitrogen and oxygen atoms in total. The molecule has 1 fully saturated rings. The number of rotatable bonds is 6. The van der Waals surface area contributed by atoms with Gasteiger partial charge < -0.3 is 15.2 Å². The van der Waals surface area contributed by atoms with E-state index >= 15 is 0 Å². The van der Waals surface area contributed by atoms with Gasteiger partial charge in [0.2, 0.25) is 20.0 Å². The molecule has 0 spiro atoms. The van der Waals surface area contributed by atoms with Crippen LogP contribution in [0, 0.1) is 5.92 Å². The van der Waals surface area contributed by atoms with Gasteiger partial charge >= 0.3 is 12.0 Å². The number of benzene rings is 2. The Balaban J connectivity index is 1.53. The number of nitrogens with one attached hydrogen (secondary N) is 2. The lowest BCUT2D eigenvalue weighted by atomic mass is 10.1. The zero-order chi connectivity index (χ0) is 28.9. The van der Waals surface area contributed by atoms with Crippen molar-refractivity contribution < 1.29 is 40.8 Å². The molecule has 212 valence electrons. The first-order chi connectivity index (χ1) is 18.1. The molecule has 4 rings (SSSR count). The van der Waals surface area contributed by atoms with Crippen LogP contribution in [0.3, 0.4) is 0 Å². The van der Waals surface area contributed by atoms with Crippen molar-refractivity contribution in [2.75, 3.05) is 17.6 Å². The van der Waals surface area contributed by atoms with Gasteiger partial charge in [-0.25, -0.2) is 26.8 Å². The number of primary sulfonamides is 1. The van der Waals surface area contributed by atoms with Crippen molar-refractivity contribution in [3.63, 3.8) is 0 Å². The zero-order valence-corrected chi connectivity index (χ0v) is 24.1. The van der Waals surface area contributed by atoms with Crippen LogP contribution in [-0.2, 0) is 24.8 Å². The number of sulfonamides is 2. The minimum absolute atomic E-state index is 0.0305. The summed E-state index contributed by atoms with van der Waals surface area (Å²) in [6.07, 6.45) is -2.32. The lowest BCUT2D eigenvalue weighted by molar-refractivity contribution is -0.795. The van der Waals surface area contributed by atoms with Crippen LogP contribution in [0.4, 0.5) is 10.5 Å². The highest BCUT2D eigenvalue weighted by molar-refractivity contribution is 7.90. The number of halogens is 1. The summed E-state index contributed by atoms with van der Waals surface area (Å²) in [7, 11) is -8.38. The van der Waals surface area contributed by atoms with Crippen molar-refractivity contribution in [2.45, 2.75) is 48.4 Å². The van der Waals surface area contributed by atoms with E-state index < -0.39 is 65.7 Å². The fourth-order valence-electron chi connectivity index (χ4n) is 4.94. The molecule has 2 aromatic carbocycles. The number of quaternary nitrogens is 1. The molecule has 0 radical (unpaired) electrons. The van der Waals surface area contributed by atoms with Crippen molar-refractivity contribution in [3.8, 4) is 5.75 Å². The molecule has 0 saturated carbocycles. The van der Waals surface area contributed by atoms with Gasteiger partial charge in [-0.3, -0.25) is 0 Å². The van der Waals surface area contributed by atoms with E-state index in [0.717, 1.165) is 6.07 Å². The van der Waals surface area contributed by atoms with Crippen LogP contribution in [-0.4, -0.2) is 62.9 Å². The van der Waals surface area contributed by atoms with E-state index in [0.29, 0.717) is 17.7 Å². The van der Waals surface area contributed by atoms with Crippen LogP contribution >= 0.6 is 24.2 Å². The Bertz CT molecular complexity index is 1540. The van der Waals surface area contributed by atoms with Gasteiger partial charge in [0.05, 0.1) is 16.6 Å². The van der Waals surface area contributed by atoms with Gasteiger partial charge in [-0.05, 0) is 43.7 Å². The Morgan fingerprint density at radius 1 is 1.28 bits per heavy atom. The lowest BCUT2D eigenvalue weighted by Gasteiger charge is -2.31. The standard InChI is InChI=1S/C23H27ClN4O8S3/c1-12(11-37)22(29)28(23(30)31)10-16(7-13(28)2)36-15-5-3-14(4-6-15)21-26-18-8-17(24)19(38(25,32)33)9-20(18)39(34,35)27-21/h3-6,8-9,12-13,16,21,26-27H,7,10-11H2,1-2H3,(H3-,25,30,31,32,33,37)/p+1/t12?,13?,16-,21?,28-/m0/s1. The number of likely N-dealkylation sites (tertiary alicyclic amines) is 1. The number of ether oxygens (including phenoxy) is 1. The number of anilines is 1. The second-order valence-corrected chi connectivity index (χ2v) is 13.7. The molecule has 0 aliphatic carbocycles. The van der Waals surface area contributed by atoms with Gasteiger partial charge in [-0.15, -0.1) is 0 Å². The molecule has 2 heterocycles. The number of carbonyl (C=O) groups excluding carboxylic acids is 1. The summed E-state index contributed by atoms with van der Waals surface area (Å²) in [5, 5.41) is 17.8. The predicted molar refractivity (Wildman–Crippen MR) is 146 cm³/mol. The van der Waals surface area contributed by atoms with Crippen molar-refractivity contribution in [1.29, 1.82) is 0 Å². The van der Waals surface area contributed by atoms with Gasteiger partial charge in [0.1, 0.15) is 34.3 Å². The largest absolute Gasteiger partial charge is 0.521 e. The summed E-state index contributed by atoms with van der Waals surface area (Å²) in [6, 6.07) is 8.03. The quantitative estimate of drug-likeness (QED) is 0.240. The molecule has 5 N–H and O–H groups in total. The maximum Gasteiger partial charge on any atom is 0.521 e. The first kappa shape index (κ1) is 29.6. The van der Waals surface area contributed by atoms with Gasteiger partial charge in [0.15, 0.2) is 6.10 Å². The minimum atomic E-state index is -4.25. The summed E-state index contributed by atoms with van der Waals surface area (Å²) < 4.78 is 57.0. The second-order valence-electron chi connectivity index (χ2n) is 9.67. The number of amides is 2. The molecular formula is C23H28ClN4O8S3+. The van der Waals surface area contributed by atoms with Gasteiger partial charge in [0, 0.05) is 12.2 Å². The molecule has 2 aliphatic heterocycles. The number of imide groups is 1. The van der Waals surface area contributed by atoms with Crippen LogP contribution in [0.15, 0.2) is 46.2 Å². The smallest absolute Gasteiger partial charge is 0.484 e. The van der Waals surface area contributed by atoms with Crippen LogP contribution in [0.2, 0.25) is 5.02 Å². The number of nitrogens with two attached hydrogens (primary N) is 1. The van der Waals surface area contributed by atoms with Crippen molar-refractivity contribution in [3.05, 3.63) is 47.0 Å². The van der Waals surface area contributed by atoms with Crippen molar-refractivity contribution >= 4 is 62.0 Å². The van der Waals surface area contributed by atoms with E-state index in [-0.39, 0.29) is 27.9 Å². The topological polar surface area (TPSA) is 182 Å². The lowest BCUT2D eigenvalue weighted by Crippen LogP contribution is -2.61. The summed E-state index contributed by atoms with van der Waals surface area (Å²) in [6.45, 7) is 3.33. The molecule has 39 heavy (non-hydrogen) atoms. The Morgan fingerprint density at radius 2 is 1.92 bits per heavy atom. The first-order valence-corrected chi connectivity index (χ1v) is 15.8. The SMILES string of the molecule is CC(CS)C(=O)[N@+]1(C(=O)O)C[C@@H](Oc2ccc(C3Nc4cc(Cl)c(S(N)(=O)=O)cc4S(=O)(=O)N3)cc2)CC1C. The number of hydrogen-bond donors (Lipinski definition) is 5. The summed E-state index contributed by atoms with van der Waals surface area (Å²) in [5.41, 5.74) is 0.607. The number of fused-ring (bicyclic) bond motifs is 1. The molecule has 1 saturated heterocycles. The monoisotopic (exact) mass is 619 g/mol. The molecule has 5 atom stereocenters. The van der Waals surface area contributed by atoms with E-state index in [1.807, 2.05) is 0 Å².